The number of anilines is 2. The van der Waals surface area contributed by atoms with E-state index in [-0.39, 0.29) is 23.3 Å². The molecule has 2 aromatic carbocycles. The smallest absolute Gasteiger partial charge is 0.321 e. The third-order valence-corrected chi connectivity index (χ3v) is 5.70. The lowest BCUT2D eigenvalue weighted by molar-refractivity contribution is -0.123. The number of hydrogen-bond donors (Lipinski definition) is 1. The predicted octanol–water partition coefficient (Wildman–Crippen LogP) is 2.78. The summed E-state index contributed by atoms with van der Waals surface area (Å²) in [5, 5.41) is 2.76. The maximum Gasteiger partial charge on any atom is 0.321 e. The van der Waals surface area contributed by atoms with Gasteiger partial charge in [0.1, 0.15) is 5.82 Å². The van der Waals surface area contributed by atoms with E-state index >= 15 is 0 Å². The van der Waals surface area contributed by atoms with Crippen LogP contribution in [0.3, 0.4) is 0 Å². The average molecular weight is 382 g/mol. The fourth-order valence-electron chi connectivity index (χ4n) is 4.04. The topological polar surface area (TPSA) is 55.9 Å². The van der Waals surface area contributed by atoms with Crippen molar-refractivity contribution in [2.24, 2.45) is 0 Å². The van der Waals surface area contributed by atoms with E-state index in [0.717, 1.165) is 12.1 Å². The van der Waals surface area contributed by atoms with Gasteiger partial charge in [0.25, 0.3) is 0 Å². The second kappa shape index (κ2) is 7.24. The molecule has 0 unspecified atom stereocenters. The van der Waals surface area contributed by atoms with Gasteiger partial charge in [-0.3, -0.25) is 9.69 Å². The third-order valence-electron chi connectivity index (χ3n) is 5.70. The molecule has 3 amide bonds. The van der Waals surface area contributed by atoms with Gasteiger partial charge in [-0.25, -0.2) is 9.18 Å². The number of hydrogen-bond acceptors (Lipinski definition) is 3. The minimum Gasteiger partial charge on any atom is -0.323 e. The number of carbonyl (C=O) groups is 2. The van der Waals surface area contributed by atoms with Crippen LogP contribution in [0.1, 0.15) is 6.42 Å². The average Bonchev–Trinajstić information content (AvgIpc) is 3.11. The Hall–Kier alpha value is -2.93. The summed E-state index contributed by atoms with van der Waals surface area (Å²) in [7, 11) is 1.94. The van der Waals surface area contributed by atoms with Gasteiger partial charge in [-0.05, 0) is 43.8 Å². The van der Waals surface area contributed by atoms with Crippen LogP contribution < -0.4 is 10.2 Å². The maximum absolute atomic E-state index is 13.4. The molecule has 2 heterocycles. The molecule has 4 rings (SSSR count). The summed E-state index contributed by atoms with van der Waals surface area (Å²) in [4.78, 5) is 30.9. The van der Waals surface area contributed by atoms with Crippen molar-refractivity contribution in [2.45, 2.75) is 12.0 Å². The van der Waals surface area contributed by atoms with Crippen LogP contribution in [0.2, 0.25) is 0 Å². The first-order chi connectivity index (χ1) is 13.5. The Bertz CT molecular complexity index is 891. The number of rotatable bonds is 2. The van der Waals surface area contributed by atoms with E-state index < -0.39 is 0 Å². The summed E-state index contributed by atoms with van der Waals surface area (Å²) in [6, 6.07) is 15.2. The van der Waals surface area contributed by atoms with Gasteiger partial charge in [-0.2, -0.15) is 0 Å². The molecule has 146 valence electrons. The number of carbonyl (C=O) groups excluding carboxylic acids is 2. The fourth-order valence-corrected chi connectivity index (χ4v) is 4.04. The van der Waals surface area contributed by atoms with Gasteiger partial charge in [0.15, 0.2) is 0 Å². The lowest BCUT2D eigenvalue weighted by atomic mass is 9.92. The fraction of sp³-hybridized carbons (Fsp3) is 0.333. The van der Waals surface area contributed by atoms with E-state index in [4.69, 9.17) is 0 Å². The molecule has 7 heteroatoms. The largest absolute Gasteiger partial charge is 0.323 e. The van der Waals surface area contributed by atoms with Crippen molar-refractivity contribution in [3.63, 3.8) is 0 Å². The first-order valence-corrected chi connectivity index (χ1v) is 9.35. The number of nitrogens with zero attached hydrogens (tertiary/aromatic N) is 3. The molecule has 0 radical (unpaired) electrons. The molecule has 2 aliphatic heterocycles. The van der Waals surface area contributed by atoms with Gasteiger partial charge in [0, 0.05) is 31.0 Å². The predicted molar refractivity (Wildman–Crippen MR) is 106 cm³/mol. The number of amides is 3. The van der Waals surface area contributed by atoms with Crippen molar-refractivity contribution in [1.29, 1.82) is 0 Å². The van der Waals surface area contributed by atoms with Crippen molar-refractivity contribution in [2.75, 3.05) is 43.4 Å². The van der Waals surface area contributed by atoms with Crippen molar-refractivity contribution in [1.82, 2.24) is 9.80 Å². The Morgan fingerprint density at radius 3 is 2.64 bits per heavy atom. The Kier molecular flexibility index (Phi) is 4.77. The molecule has 1 N–H and O–H groups in total. The molecule has 2 saturated heterocycles. The number of nitrogens with one attached hydrogen (secondary N) is 1. The van der Waals surface area contributed by atoms with Gasteiger partial charge in [0.2, 0.25) is 5.91 Å². The molecule has 2 aliphatic rings. The normalized spacial score (nSPS) is 22.7. The van der Waals surface area contributed by atoms with E-state index in [1.165, 1.54) is 12.1 Å². The van der Waals surface area contributed by atoms with Crippen LogP contribution >= 0.6 is 0 Å². The second-order valence-corrected chi connectivity index (χ2v) is 7.51. The molecule has 1 spiro atoms. The standard InChI is InChI=1S/C21H23FN4O2/c1-24-13-19(27)26(18-8-3-2-4-9-18)15-21(24)10-11-25(14-21)20(28)23-17-7-5-6-16(22)12-17/h2-9,12H,10-11,13-15H2,1H3,(H,23,28)/t21-/m0/s1. The molecular formula is C21H23FN4O2. The van der Waals surface area contributed by atoms with Crippen molar-refractivity contribution in [3.05, 3.63) is 60.4 Å². The first kappa shape index (κ1) is 18.4. The Morgan fingerprint density at radius 1 is 1.11 bits per heavy atom. The van der Waals surface area contributed by atoms with Crippen LogP contribution in [-0.2, 0) is 4.79 Å². The van der Waals surface area contributed by atoms with E-state index in [1.807, 2.05) is 42.3 Å². The van der Waals surface area contributed by atoms with E-state index in [2.05, 4.69) is 10.2 Å². The highest BCUT2D eigenvalue weighted by Gasteiger charge is 2.48. The van der Waals surface area contributed by atoms with Crippen LogP contribution in [0.4, 0.5) is 20.6 Å². The Morgan fingerprint density at radius 2 is 1.89 bits per heavy atom. The minimum absolute atomic E-state index is 0.0574. The number of piperazine rings is 1. The summed E-state index contributed by atoms with van der Waals surface area (Å²) in [6.07, 6.45) is 0.774. The van der Waals surface area contributed by atoms with Crippen LogP contribution in [-0.4, -0.2) is 60.5 Å². The van der Waals surface area contributed by atoms with Crippen LogP contribution in [0.5, 0.6) is 0 Å². The lowest BCUT2D eigenvalue weighted by Gasteiger charge is -2.46. The molecule has 2 fully saturated rings. The first-order valence-electron chi connectivity index (χ1n) is 9.35. The quantitative estimate of drug-likeness (QED) is 0.869. The highest BCUT2D eigenvalue weighted by Crippen LogP contribution is 2.33. The lowest BCUT2D eigenvalue weighted by Crippen LogP contribution is -2.64. The van der Waals surface area contributed by atoms with Crippen molar-refractivity contribution >= 4 is 23.3 Å². The number of urea groups is 1. The van der Waals surface area contributed by atoms with Crippen LogP contribution in [0, 0.1) is 5.82 Å². The van der Waals surface area contributed by atoms with Crippen LogP contribution in [0.15, 0.2) is 54.6 Å². The number of benzene rings is 2. The molecule has 0 aromatic heterocycles. The molecule has 1 atom stereocenters. The molecule has 28 heavy (non-hydrogen) atoms. The zero-order valence-corrected chi connectivity index (χ0v) is 15.8. The summed E-state index contributed by atoms with van der Waals surface area (Å²) >= 11 is 0. The van der Waals surface area contributed by atoms with Gasteiger partial charge < -0.3 is 15.1 Å². The van der Waals surface area contributed by atoms with Gasteiger partial charge in [0.05, 0.1) is 12.1 Å². The third kappa shape index (κ3) is 3.45. The van der Waals surface area contributed by atoms with Gasteiger partial charge >= 0.3 is 6.03 Å². The minimum atomic E-state index is -0.389. The Balaban J connectivity index is 1.49. The molecular weight excluding hydrogens is 359 g/mol. The molecule has 0 aliphatic carbocycles. The summed E-state index contributed by atoms with van der Waals surface area (Å²) in [5.74, 6) is -0.332. The van der Waals surface area contributed by atoms with E-state index in [0.29, 0.717) is 31.9 Å². The Labute approximate surface area is 163 Å². The number of halogens is 1. The highest BCUT2D eigenvalue weighted by atomic mass is 19.1. The molecule has 0 saturated carbocycles. The molecule has 6 nitrogen and oxygen atoms in total. The van der Waals surface area contributed by atoms with E-state index in [1.54, 1.807) is 17.0 Å². The maximum atomic E-state index is 13.4. The monoisotopic (exact) mass is 382 g/mol. The highest BCUT2D eigenvalue weighted by molar-refractivity contribution is 5.96. The zero-order chi connectivity index (χ0) is 19.7. The van der Waals surface area contributed by atoms with Crippen LogP contribution in [0.25, 0.3) is 0 Å². The van der Waals surface area contributed by atoms with Gasteiger partial charge in [-0.1, -0.05) is 24.3 Å². The van der Waals surface area contributed by atoms with E-state index in [9.17, 15) is 14.0 Å². The van der Waals surface area contributed by atoms with Gasteiger partial charge in [-0.15, -0.1) is 0 Å². The molecule has 0 bridgehead atoms. The van der Waals surface area contributed by atoms with Crippen molar-refractivity contribution < 1.29 is 14.0 Å². The zero-order valence-electron chi connectivity index (χ0n) is 15.8. The number of para-hydroxylation sites is 1. The summed E-state index contributed by atoms with van der Waals surface area (Å²) in [6.45, 7) is 1.95. The SMILES string of the molecule is CN1CC(=O)N(c2ccccc2)C[C@@]12CCN(C(=O)Nc1cccc(F)c1)C2. The number of likely N-dealkylation sites (tertiary alicyclic amines) is 1. The number of likely N-dealkylation sites (N-methyl/N-ethyl adjacent to an activating group) is 1. The summed E-state index contributed by atoms with van der Waals surface area (Å²) in [5.41, 5.74) is 1.02. The van der Waals surface area contributed by atoms with Crippen molar-refractivity contribution in [3.8, 4) is 0 Å². The summed E-state index contributed by atoms with van der Waals surface area (Å²) < 4.78 is 13.4. The molecule has 2 aromatic rings. The second-order valence-electron chi connectivity index (χ2n) is 7.51.